The van der Waals surface area contributed by atoms with Crippen LogP contribution in [0.5, 0.6) is 11.5 Å². The van der Waals surface area contributed by atoms with Gasteiger partial charge in [-0.3, -0.25) is 34.0 Å². The van der Waals surface area contributed by atoms with E-state index >= 15 is 0 Å². The molecule has 346 valence electrons. The van der Waals surface area contributed by atoms with Crippen LogP contribution in [0.1, 0.15) is 72.3 Å². The number of aliphatic hydroxyl groups is 2. The summed E-state index contributed by atoms with van der Waals surface area (Å²) >= 11 is 0. The highest BCUT2D eigenvalue weighted by molar-refractivity contribution is 5.93. The predicted molar refractivity (Wildman–Crippen MR) is 236 cm³/mol. The number of rotatable bonds is 11. The summed E-state index contributed by atoms with van der Waals surface area (Å²) < 4.78 is 6.05. The van der Waals surface area contributed by atoms with Crippen molar-refractivity contribution in [2.75, 3.05) is 13.6 Å². The number of aliphatic hydroxyl groups excluding tert-OH is 2. The van der Waals surface area contributed by atoms with Gasteiger partial charge in [0.2, 0.25) is 11.8 Å². The number of hydrazine groups is 1. The van der Waals surface area contributed by atoms with Crippen LogP contribution in [0.2, 0.25) is 0 Å². The van der Waals surface area contributed by atoms with Crippen molar-refractivity contribution in [3.63, 3.8) is 0 Å². The molecule has 1 fully saturated rings. The lowest BCUT2D eigenvalue weighted by atomic mass is 9.84. The molecule has 64 heavy (non-hydrogen) atoms. The number of likely N-dealkylation sites (N-methyl/N-ethyl adjacent to an activating group) is 1. The van der Waals surface area contributed by atoms with Crippen molar-refractivity contribution in [1.29, 1.82) is 0 Å². The zero-order valence-electron chi connectivity index (χ0n) is 37.3. The third-order valence-electron chi connectivity index (χ3n) is 11.1. The lowest BCUT2D eigenvalue weighted by Crippen LogP contribution is -2.62. The van der Waals surface area contributed by atoms with Crippen LogP contribution in [0.4, 0.5) is 0 Å². The summed E-state index contributed by atoms with van der Waals surface area (Å²) in [6.45, 7) is 8.25. The Labute approximate surface area is 374 Å². The zero-order chi connectivity index (χ0) is 46.9. The number of benzene rings is 1. The third-order valence-corrected chi connectivity index (χ3v) is 11.1. The number of nitrogens with zero attached hydrogens (tertiary/aromatic N) is 3. The predicted octanol–water partition coefficient (Wildman–Crippen LogP) is 3.18. The Morgan fingerprint density at radius 2 is 1.78 bits per heavy atom. The van der Waals surface area contributed by atoms with Gasteiger partial charge in [0.15, 0.2) is 5.75 Å². The van der Waals surface area contributed by atoms with Crippen molar-refractivity contribution in [3.05, 3.63) is 102 Å². The third kappa shape index (κ3) is 15.3. The second-order valence-electron chi connectivity index (χ2n) is 16.5. The highest BCUT2D eigenvalue weighted by Gasteiger charge is 2.38. The van der Waals surface area contributed by atoms with Crippen molar-refractivity contribution in [2.45, 2.75) is 110 Å². The Morgan fingerprint density at radius 3 is 2.47 bits per heavy atom. The van der Waals surface area contributed by atoms with Crippen molar-refractivity contribution >= 4 is 35.4 Å². The van der Waals surface area contributed by atoms with Crippen LogP contribution < -0.4 is 20.9 Å². The first-order valence-corrected chi connectivity index (χ1v) is 21.5. The summed E-state index contributed by atoms with van der Waals surface area (Å²) in [4.78, 5) is 90.6. The van der Waals surface area contributed by atoms with Gasteiger partial charge < -0.3 is 40.3 Å². The van der Waals surface area contributed by atoms with Gasteiger partial charge in [-0.1, -0.05) is 69.4 Å². The summed E-state index contributed by atoms with van der Waals surface area (Å²) in [5.41, 5.74) is 4.09. The number of carbonyl (C=O) groups is 6. The fourth-order valence-corrected chi connectivity index (χ4v) is 7.14. The molecule has 2 bridgehead atoms. The summed E-state index contributed by atoms with van der Waals surface area (Å²) in [7, 11) is 1.46. The van der Waals surface area contributed by atoms with Gasteiger partial charge >= 0.3 is 5.97 Å². The lowest BCUT2D eigenvalue weighted by Gasteiger charge is -2.36. The van der Waals surface area contributed by atoms with Crippen LogP contribution in [0, 0.1) is 17.8 Å². The molecule has 4 rings (SSSR count). The number of Topliss-reactive ketones (excluding diaryl/α,β-unsaturated/α-hetero) is 1. The topological polar surface area (TPSA) is 237 Å². The van der Waals surface area contributed by atoms with Gasteiger partial charge in [-0.2, -0.15) is 5.06 Å². The number of hydrogen-bond donors (Lipinski definition) is 6. The number of cyclic esters (lactones) is 1. The van der Waals surface area contributed by atoms with Gasteiger partial charge in [0.1, 0.15) is 35.8 Å². The van der Waals surface area contributed by atoms with E-state index in [9.17, 15) is 44.1 Å². The van der Waals surface area contributed by atoms with E-state index in [4.69, 9.17) is 9.57 Å². The largest absolute Gasteiger partial charge is 0.508 e. The summed E-state index contributed by atoms with van der Waals surface area (Å²) in [5.74, 6) is -5.55. The molecule has 1 aromatic heterocycles. The van der Waals surface area contributed by atoms with Crippen molar-refractivity contribution in [3.8, 4) is 11.5 Å². The molecule has 0 aliphatic carbocycles. The molecule has 0 radical (unpaired) electrons. The molecule has 1 unspecified atom stereocenters. The van der Waals surface area contributed by atoms with E-state index in [1.54, 1.807) is 76.3 Å². The maximum Gasteiger partial charge on any atom is 0.325 e. The molecule has 1 aromatic carbocycles. The number of pyridine rings is 1. The van der Waals surface area contributed by atoms with Gasteiger partial charge in [0.05, 0.1) is 18.1 Å². The number of allylic oxidation sites excluding steroid dienone is 4. The Bertz CT molecular complexity index is 2050. The first-order valence-electron chi connectivity index (χ1n) is 21.5. The molecule has 2 aliphatic rings. The molecule has 2 aliphatic heterocycles. The number of amides is 4. The Hall–Kier alpha value is -6.17. The Balaban J connectivity index is 1.69. The fraction of sp³-hybridized carbons (Fsp3) is 0.468. The first-order chi connectivity index (χ1) is 30.4. The van der Waals surface area contributed by atoms with E-state index in [1.807, 2.05) is 0 Å². The number of phenolic OH excluding ortho intramolecular Hbond substituents is 1. The van der Waals surface area contributed by atoms with Crippen LogP contribution in [-0.4, -0.2) is 116 Å². The van der Waals surface area contributed by atoms with E-state index < -0.39 is 83.8 Å². The number of hydroxylamine groups is 2. The van der Waals surface area contributed by atoms with Crippen LogP contribution in [0.3, 0.4) is 0 Å². The van der Waals surface area contributed by atoms with Crippen LogP contribution >= 0.6 is 0 Å². The number of ketones is 1. The number of hydrogen-bond acceptors (Lipinski definition) is 13. The normalized spacial score (nSPS) is 26.8. The monoisotopic (exact) mass is 886 g/mol. The lowest BCUT2D eigenvalue weighted by molar-refractivity contribution is -0.156. The molecule has 3 heterocycles. The van der Waals surface area contributed by atoms with E-state index in [2.05, 4.69) is 21.0 Å². The molecule has 4 amide bonds. The molecule has 2 aromatic rings. The molecule has 17 heteroatoms. The van der Waals surface area contributed by atoms with E-state index in [-0.39, 0.29) is 43.8 Å². The highest BCUT2D eigenvalue weighted by Crippen LogP contribution is 2.24. The average Bonchev–Trinajstić information content (AvgIpc) is 3.26. The number of fused-ring (bicyclic) bond motifs is 2. The molecule has 0 saturated carbocycles. The van der Waals surface area contributed by atoms with Crippen LogP contribution in [0.15, 0.2) is 96.9 Å². The minimum atomic E-state index is -1.44. The molecule has 6 N–H and O–H groups in total. The van der Waals surface area contributed by atoms with Gasteiger partial charge in [-0.15, -0.1) is 0 Å². The quantitative estimate of drug-likeness (QED) is 0.0825. The maximum absolute atomic E-state index is 14.4. The molecule has 17 nitrogen and oxygen atoms in total. The average molecular weight is 887 g/mol. The smallest absolute Gasteiger partial charge is 0.325 e. The van der Waals surface area contributed by atoms with Crippen molar-refractivity contribution < 1.29 is 53.7 Å². The number of aromatic nitrogens is 1. The molecule has 0 spiro atoms. The SMILES string of the molecule is CC(=O)CC[C@H]1C(=O)N[C@@H](C(C)C)C(=O)N[C@@H](Cc2cccc(O)c2)C(=O)N2CCCC(N2)C(=O)O[C@H](/C(C)=C/C=C/C(=O)N(C)Oc2ccncc2)C/C=C/C=C/[C@H](O)[C@H](C)[C@H]1O. The van der Waals surface area contributed by atoms with Gasteiger partial charge in [-0.05, 0) is 62.3 Å². The second kappa shape index (κ2) is 24.6. The van der Waals surface area contributed by atoms with Gasteiger partial charge in [0.25, 0.3) is 11.8 Å². The van der Waals surface area contributed by atoms with E-state index in [1.165, 1.54) is 61.7 Å². The number of aromatic hydroxyl groups is 1. The standard InChI is InChI=1S/C47H62N6O11/c1-29(2)42-45(60)49-38(28-33-14-11-15-34(55)27-33)46(61)53-26-12-16-37(51-53)47(62)63-40(30(3)13-10-19-41(57)52(6)64-35-22-24-48-25-23-35)18-9-7-8-17-39(56)32(5)43(58)36(44(59)50-42)21-20-31(4)54/h7-11,13-15,17,19,22-25,27,29,32,36-40,42-43,51,55-56,58H,12,16,18,20-21,26,28H2,1-6H3,(H,49,60)(H,50,59)/b9-7+,17-8+,19-10+,30-13+/t32-,36+,37?,38-,39-,40-,42-,43+/m0/s1. The molecule has 8 atom stereocenters. The minimum absolute atomic E-state index is 0.0388. The number of esters is 1. The maximum atomic E-state index is 14.4. The van der Waals surface area contributed by atoms with Gasteiger partial charge in [0, 0.05) is 69.4 Å². The van der Waals surface area contributed by atoms with E-state index in [0.29, 0.717) is 29.7 Å². The van der Waals surface area contributed by atoms with Crippen molar-refractivity contribution in [2.24, 2.45) is 17.8 Å². The zero-order valence-corrected chi connectivity index (χ0v) is 37.3. The summed E-state index contributed by atoms with van der Waals surface area (Å²) in [6.07, 6.45) is 11.0. The number of phenols is 1. The van der Waals surface area contributed by atoms with Crippen LogP contribution in [-0.2, 0) is 39.9 Å². The van der Waals surface area contributed by atoms with E-state index in [0.717, 1.165) is 5.06 Å². The molecular formula is C47H62N6O11. The van der Waals surface area contributed by atoms with Gasteiger partial charge in [-0.25, -0.2) is 5.43 Å². The van der Waals surface area contributed by atoms with Crippen molar-refractivity contribution in [1.82, 2.24) is 31.1 Å². The second-order valence-corrected chi connectivity index (χ2v) is 16.5. The first kappa shape index (κ1) is 50.5. The molecule has 1 saturated heterocycles. The molecular weight excluding hydrogens is 825 g/mol. The summed E-state index contributed by atoms with van der Waals surface area (Å²) in [6, 6.07) is 6.03. The Morgan fingerprint density at radius 1 is 1.05 bits per heavy atom. The fourth-order valence-electron chi connectivity index (χ4n) is 7.14. The summed E-state index contributed by atoms with van der Waals surface area (Å²) in [5, 5.41) is 40.7. The Kier molecular flexibility index (Phi) is 19.4. The highest BCUT2D eigenvalue weighted by atomic mass is 16.7. The van der Waals surface area contributed by atoms with Crippen LogP contribution in [0.25, 0.3) is 0 Å². The number of ether oxygens (including phenoxy) is 1. The number of nitrogens with one attached hydrogen (secondary N) is 3. The minimum Gasteiger partial charge on any atom is -0.508 e. The number of carbonyl (C=O) groups excluding carboxylic acids is 6.